The monoisotopic (exact) mass is 493 g/mol. The molecule has 194 valence electrons. The van der Waals surface area contributed by atoms with E-state index in [1.54, 1.807) is 4.90 Å². The fourth-order valence-corrected chi connectivity index (χ4v) is 4.16. The average Bonchev–Trinajstić information content (AvgIpc) is 3.21. The van der Waals surface area contributed by atoms with Gasteiger partial charge in [0.1, 0.15) is 11.4 Å². The number of ether oxygens (including phenoxy) is 1. The molecule has 1 fully saturated rings. The number of amides is 1. The summed E-state index contributed by atoms with van der Waals surface area (Å²) in [5.41, 5.74) is 2.23. The Balaban J connectivity index is 1.84. The van der Waals surface area contributed by atoms with E-state index >= 15 is 0 Å². The van der Waals surface area contributed by atoms with Crippen LogP contribution in [0.15, 0.2) is 18.2 Å². The smallest absolute Gasteiger partial charge is 0.410 e. The minimum absolute atomic E-state index is 0.0113. The van der Waals surface area contributed by atoms with Crippen LogP contribution in [0.1, 0.15) is 70.5 Å². The van der Waals surface area contributed by atoms with Crippen molar-refractivity contribution < 1.29 is 9.53 Å². The summed E-state index contributed by atoms with van der Waals surface area (Å²) in [6.07, 6.45) is 0.960. The van der Waals surface area contributed by atoms with Crippen molar-refractivity contribution in [2.24, 2.45) is 5.41 Å². The minimum atomic E-state index is -0.529. The van der Waals surface area contributed by atoms with E-state index in [0.717, 1.165) is 24.1 Å². The average molecular weight is 494 g/mol. The van der Waals surface area contributed by atoms with Gasteiger partial charge in [-0.2, -0.15) is 20.2 Å². The summed E-state index contributed by atoms with van der Waals surface area (Å²) < 4.78 is 5.52. The molecule has 1 aliphatic heterocycles. The molecule has 1 saturated heterocycles. The van der Waals surface area contributed by atoms with Crippen LogP contribution in [0, 0.1) is 23.7 Å². The Kier molecular flexibility index (Phi) is 8.07. The van der Waals surface area contributed by atoms with Gasteiger partial charge in [-0.1, -0.05) is 26.8 Å². The van der Waals surface area contributed by atoms with Crippen LogP contribution in [0.25, 0.3) is 0 Å². The molecular weight excluding hydrogens is 454 g/mol. The number of aromatic nitrogens is 3. The number of rotatable bonds is 6. The summed E-state index contributed by atoms with van der Waals surface area (Å²) in [6.45, 7) is 16.0. The topological polar surface area (TPSA) is 107 Å². The van der Waals surface area contributed by atoms with Gasteiger partial charge in [-0.3, -0.25) is 0 Å². The number of anilines is 2. The highest BCUT2D eigenvalue weighted by atomic mass is 16.6. The first kappa shape index (κ1) is 27.2. The number of likely N-dealkylation sites (tertiary alicyclic amines) is 1. The molecule has 3 rings (SSSR count). The molecular formula is C27H39N7O2. The Morgan fingerprint density at radius 3 is 2.58 bits per heavy atom. The third-order valence-corrected chi connectivity index (χ3v) is 5.72. The van der Waals surface area contributed by atoms with Crippen molar-refractivity contribution in [3.63, 3.8) is 0 Å². The van der Waals surface area contributed by atoms with Gasteiger partial charge < -0.3 is 19.9 Å². The number of nitriles is 1. The van der Waals surface area contributed by atoms with Crippen LogP contribution in [0.2, 0.25) is 0 Å². The second-order valence-corrected chi connectivity index (χ2v) is 11.8. The van der Waals surface area contributed by atoms with Crippen LogP contribution in [-0.2, 0) is 11.2 Å². The molecule has 1 aliphatic rings. The Bertz CT molecular complexity index is 1130. The molecule has 9 heteroatoms. The standard InChI is InChI=1S/C27H39N7O2/c1-18-9-10-19(15-28)13-20(18)14-22-30-23(32-24(31-22)33(8)17-26(2,3)4)29-21-11-12-34(16-21)25(35)36-27(5,6)7/h9-10,13,21H,11-12,14,16-17H2,1-8H3,(H,29,30,31,32)/t21-/m1/s1. The SMILES string of the molecule is Cc1ccc(C#N)cc1Cc1nc(N[C@@H]2CCN(C(=O)OC(C)(C)C)C2)nc(N(C)CC(C)(C)C)n1. The number of carbonyl (C=O) groups is 1. The third-order valence-electron chi connectivity index (χ3n) is 5.72. The van der Waals surface area contributed by atoms with E-state index in [1.807, 2.05) is 57.8 Å². The van der Waals surface area contributed by atoms with E-state index < -0.39 is 5.60 Å². The first-order valence-electron chi connectivity index (χ1n) is 12.4. The van der Waals surface area contributed by atoms with Crippen LogP contribution in [0.3, 0.4) is 0 Å². The Morgan fingerprint density at radius 2 is 1.94 bits per heavy atom. The normalized spacial score (nSPS) is 16.0. The van der Waals surface area contributed by atoms with Crippen molar-refractivity contribution in [2.75, 3.05) is 36.9 Å². The van der Waals surface area contributed by atoms with Crippen molar-refractivity contribution >= 4 is 18.0 Å². The molecule has 2 aromatic rings. The summed E-state index contributed by atoms with van der Waals surface area (Å²) in [7, 11) is 1.98. The van der Waals surface area contributed by atoms with E-state index in [1.165, 1.54) is 0 Å². The van der Waals surface area contributed by atoms with Gasteiger partial charge in [0.15, 0.2) is 0 Å². The van der Waals surface area contributed by atoms with Crippen molar-refractivity contribution in [3.05, 3.63) is 40.7 Å². The first-order valence-corrected chi connectivity index (χ1v) is 12.4. The van der Waals surface area contributed by atoms with Gasteiger partial charge >= 0.3 is 6.09 Å². The molecule has 1 N–H and O–H groups in total. The lowest BCUT2D eigenvalue weighted by atomic mass is 9.96. The first-order chi connectivity index (χ1) is 16.7. The van der Waals surface area contributed by atoms with Gasteiger partial charge in [0.25, 0.3) is 0 Å². The zero-order valence-corrected chi connectivity index (χ0v) is 22.8. The van der Waals surface area contributed by atoms with Crippen molar-refractivity contribution in [2.45, 2.75) is 73.0 Å². The summed E-state index contributed by atoms with van der Waals surface area (Å²) in [4.78, 5) is 30.4. The summed E-state index contributed by atoms with van der Waals surface area (Å²) in [5, 5.41) is 12.7. The fourth-order valence-electron chi connectivity index (χ4n) is 4.16. The molecule has 1 atom stereocenters. The summed E-state index contributed by atoms with van der Waals surface area (Å²) in [5.74, 6) is 1.71. The highest BCUT2D eigenvalue weighted by Crippen LogP contribution is 2.22. The van der Waals surface area contributed by atoms with Crippen molar-refractivity contribution in [3.8, 4) is 6.07 Å². The van der Waals surface area contributed by atoms with Crippen LogP contribution >= 0.6 is 0 Å². The molecule has 36 heavy (non-hydrogen) atoms. The van der Waals surface area contributed by atoms with Crippen molar-refractivity contribution in [1.82, 2.24) is 19.9 Å². The second kappa shape index (κ2) is 10.7. The van der Waals surface area contributed by atoms with E-state index in [2.05, 4.69) is 32.2 Å². The highest BCUT2D eigenvalue weighted by Gasteiger charge is 2.30. The summed E-state index contributed by atoms with van der Waals surface area (Å²) in [6, 6.07) is 7.87. The maximum absolute atomic E-state index is 12.5. The largest absolute Gasteiger partial charge is 0.444 e. The van der Waals surface area contributed by atoms with E-state index in [0.29, 0.717) is 42.8 Å². The number of carbonyl (C=O) groups excluding carboxylic acids is 1. The van der Waals surface area contributed by atoms with Gasteiger partial charge in [-0.15, -0.1) is 0 Å². The van der Waals surface area contributed by atoms with Gasteiger partial charge in [0.05, 0.1) is 11.6 Å². The van der Waals surface area contributed by atoms with Crippen LogP contribution in [0.5, 0.6) is 0 Å². The quantitative estimate of drug-likeness (QED) is 0.625. The van der Waals surface area contributed by atoms with E-state index in [9.17, 15) is 10.1 Å². The van der Waals surface area contributed by atoms with Gasteiger partial charge in [-0.05, 0) is 62.8 Å². The number of aryl methyl sites for hydroxylation is 1. The fraction of sp³-hybridized carbons (Fsp3) is 0.593. The number of hydrogen-bond acceptors (Lipinski definition) is 8. The lowest BCUT2D eigenvalue weighted by Gasteiger charge is -2.27. The molecule has 0 aliphatic carbocycles. The van der Waals surface area contributed by atoms with Gasteiger partial charge in [0, 0.05) is 39.1 Å². The molecule has 0 spiro atoms. The summed E-state index contributed by atoms with van der Waals surface area (Å²) >= 11 is 0. The van der Waals surface area contributed by atoms with Crippen LogP contribution in [0.4, 0.5) is 16.7 Å². The molecule has 0 saturated carbocycles. The van der Waals surface area contributed by atoms with Crippen LogP contribution in [-0.4, -0.2) is 64.3 Å². The zero-order chi connectivity index (χ0) is 26.7. The van der Waals surface area contributed by atoms with Crippen molar-refractivity contribution in [1.29, 1.82) is 5.26 Å². The number of nitrogens with one attached hydrogen (secondary N) is 1. The molecule has 9 nitrogen and oxygen atoms in total. The Morgan fingerprint density at radius 1 is 1.22 bits per heavy atom. The molecule has 0 bridgehead atoms. The molecule has 0 unspecified atom stereocenters. The predicted octanol–water partition coefficient (Wildman–Crippen LogP) is 4.55. The lowest BCUT2D eigenvalue weighted by Crippen LogP contribution is -2.37. The number of nitrogens with zero attached hydrogens (tertiary/aromatic N) is 6. The predicted molar refractivity (Wildman–Crippen MR) is 141 cm³/mol. The highest BCUT2D eigenvalue weighted by molar-refractivity contribution is 5.68. The molecule has 1 amide bonds. The minimum Gasteiger partial charge on any atom is -0.444 e. The molecule has 1 aromatic carbocycles. The maximum Gasteiger partial charge on any atom is 0.410 e. The van der Waals surface area contributed by atoms with Gasteiger partial charge in [0.2, 0.25) is 11.9 Å². The third kappa shape index (κ3) is 7.80. The Hall–Kier alpha value is -3.41. The molecule has 2 heterocycles. The Labute approximate surface area is 214 Å². The maximum atomic E-state index is 12.5. The zero-order valence-electron chi connectivity index (χ0n) is 22.8. The van der Waals surface area contributed by atoms with Gasteiger partial charge in [-0.25, -0.2) is 4.79 Å². The molecule has 0 radical (unpaired) electrons. The lowest BCUT2D eigenvalue weighted by molar-refractivity contribution is 0.0293. The van der Waals surface area contributed by atoms with E-state index in [-0.39, 0.29) is 17.6 Å². The number of benzene rings is 1. The van der Waals surface area contributed by atoms with Crippen LogP contribution < -0.4 is 10.2 Å². The van der Waals surface area contributed by atoms with E-state index in [4.69, 9.17) is 19.7 Å². The number of hydrogen-bond donors (Lipinski definition) is 1. The second-order valence-electron chi connectivity index (χ2n) is 11.8. The molecule has 1 aromatic heterocycles.